The third-order valence-electron chi connectivity index (χ3n) is 2.29. The lowest BCUT2D eigenvalue weighted by Gasteiger charge is -2.11. The molecule has 2 rings (SSSR count). The molecule has 0 spiro atoms. The van der Waals surface area contributed by atoms with E-state index in [-0.39, 0.29) is 0 Å². The molecular formula is C9H13BrN2S. The Kier molecular flexibility index (Phi) is 3.35. The van der Waals surface area contributed by atoms with Crippen LogP contribution in [0.5, 0.6) is 0 Å². The van der Waals surface area contributed by atoms with Gasteiger partial charge in [0.15, 0.2) is 0 Å². The molecule has 1 fully saturated rings. The van der Waals surface area contributed by atoms with E-state index in [2.05, 4.69) is 25.8 Å². The molecule has 0 bridgehead atoms. The number of nitrogens with zero attached hydrogens (tertiary/aromatic N) is 2. The highest BCUT2D eigenvalue weighted by atomic mass is 79.9. The maximum atomic E-state index is 4.40. The first kappa shape index (κ1) is 9.62. The minimum absolute atomic E-state index is 0.935. The third kappa shape index (κ3) is 2.51. The molecule has 1 aromatic rings. The van der Waals surface area contributed by atoms with Crippen molar-refractivity contribution in [2.24, 2.45) is 0 Å². The van der Waals surface area contributed by atoms with Crippen LogP contribution < -0.4 is 0 Å². The molecule has 0 aliphatic carbocycles. The Hall–Kier alpha value is 0.0700. The summed E-state index contributed by atoms with van der Waals surface area (Å²) >= 11 is 5.26. The normalized spacial score (nSPS) is 18.2. The van der Waals surface area contributed by atoms with Crippen molar-refractivity contribution in [3.63, 3.8) is 0 Å². The fourth-order valence-electron chi connectivity index (χ4n) is 1.61. The van der Waals surface area contributed by atoms with Gasteiger partial charge in [-0.2, -0.15) is 0 Å². The summed E-state index contributed by atoms with van der Waals surface area (Å²) in [6.45, 7) is 3.56. The van der Waals surface area contributed by atoms with Gasteiger partial charge >= 0.3 is 0 Å². The summed E-state index contributed by atoms with van der Waals surface area (Å²) in [5, 5.41) is 2.20. The molecule has 2 heterocycles. The van der Waals surface area contributed by atoms with Crippen molar-refractivity contribution in [3.05, 3.63) is 16.1 Å². The van der Waals surface area contributed by atoms with Crippen molar-refractivity contribution in [2.45, 2.75) is 24.7 Å². The van der Waals surface area contributed by atoms with E-state index < -0.39 is 0 Å². The largest absolute Gasteiger partial charge is 0.297 e. The van der Waals surface area contributed by atoms with Crippen molar-refractivity contribution in [2.75, 3.05) is 13.1 Å². The van der Waals surface area contributed by atoms with Crippen LogP contribution in [0.1, 0.15) is 22.7 Å². The van der Waals surface area contributed by atoms with Crippen molar-refractivity contribution in [1.82, 2.24) is 9.88 Å². The van der Waals surface area contributed by atoms with Gasteiger partial charge in [-0.1, -0.05) is 15.9 Å². The van der Waals surface area contributed by atoms with Gasteiger partial charge in [-0.15, -0.1) is 11.3 Å². The number of alkyl halides is 1. The molecule has 2 nitrogen and oxygen atoms in total. The smallest absolute Gasteiger partial charge is 0.107 e. The molecule has 0 radical (unpaired) electrons. The van der Waals surface area contributed by atoms with E-state index in [1.165, 1.54) is 35.8 Å². The maximum Gasteiger partial charge on any atom is 0.107 e. The van der Waals surface area contributed by atoms with Crippen LogP contribution in [-0.2, 0) is 11.9 Å². The molecule has 0 amide bonds. The summed E-state index contributed by atoms with van der Waals surface area (Å²) in [5.41, 5.74) is 0. The quantitative estimate of drug-likeness (QED) is 0.777. The summed E-state index contributed by atoms with van der Waals surface area (Å²) in [6, 6.07) is 0. The SMILES string of the molecule is BrCc1cnc(CN2CCCC2)s1. The second-order valence-electron chi connectivity index (χ2n) is 3.34. The van der Waals surface area contributed by atoms with Crippen LogP contribution in [-0.4, -0.2) is 23.0 Å². The zero-order valence-electron chi connectivity index (χ0n) is 7.50. The molecule has 0 aromatic carbocycles. The molecule has 13 heavy (non-hydrogen) atoms. The summed E-state index contributed by atoms with van der Waals surface area (Å²) in [4.78, 5) is 8.21. The topological polar surface area (TPSA) is 16.1 Å². The predicted molar refractivity (Wildman–Crippen MR) is 59.3 cm³/mol. The van der Waals surface area contributed by atoms with E-state index in [4.69, 9.17) is 0 Å². The molecule has 0 N–H and O–H groups in total. The minimum Gasteiger partial charge on any atom is -0.297 e. The zero-order chi connectivity index (χ0) is 9.10. The lowest BCUT2D eigenvalue weighted by Crippen LogP contribution is -2.17. The van der Waals surface area contributed by atoms with Gasteiger partial charge in [0.2, 0.25) is 0 Å². The van der Waals surface area contributed by atoms with Crippen LogP contribution in [0, 0.1) is 0 Å². The number of hydrogen-bond donors (Lipinski definition) is 0. The first-order valence-electron chi connectivity index (χ1n) is 4.60. The van der Waals surface area contributed by atoms with Gasteiger partial charge in [0.1, 0.15) is 5.01 Å². The molecule has 4 heteroatoms. The average Bonchev–Trinajstić information content (AvgIpc) is 2.76. The lowest BCUT2D eigenvalue weighted by atomic mass is 10.4. The minimum atomic E-state index is 0.935. The summed E-state index contributed by atoms with van der Waals surface area (Å²) in [6.07, 6.45) is 4.69. The monoisotopic (exact) mass is 260 g/mol. The van der Waals surface area contributed by atoms with Gasteiger partial charge < -0.3 is 0 Å². The first-order chi connectivity index (χ1) is 6.38. The van der Waals surface area contributed by atoms with Gasteiger partial charge in [0.05, 0.1) is 6.54 Å². The average molecular weight is 261 g/mol. The van der Waals surface area contributed by atoms with Crippen molar-refractivity contribution >= 4 is 27.3 Å². The Bertz CT molecular complexity index is 268. The van der Waals surface area contributed by atoms with E-state index in [9.17, 15) is 0 Å². The molecular weight excluding hydrogens is 248 g/mol. The standard InChI is InChI=1S/C9H13BrN2S/c10-5-8-6-11-9(13-8)7-12-3-1-2-4-12/h6H,1-5,7H2. The van der Waals surface area contributed by atoms with Crippen LogP contribution in [0.2, 0.25) is 0 Å². The highest BCUT2D eigenvalue weighted by Gasteiger charge is 2.13. The van der Waals surface area contributed by atoms with E-state index in [1.807, 2.05) is 17.5 Å². The Morgan fingerprint density at radius 1 is 1.46 bits per heavy atom. The van der Waals surface area contributed by atoms with Crippen LogP contribution in [0.3, 0.4) is 0 Å². The van der Waals surface area contributed by atoms with Crippen molar-refractivity contribution < 1.29 is 0 Å². The molecule has 0 atom stereocenters. The highest BCUT2D eigenvalue weighted by Crippen LogP contribution is 2.19. The molecule has 72 valence electrons. The second-order valence-corrected chi connectivity index (χ2v) is 5.10. The van der Waals surface area contributed by atoms with Crippen LogP contribution in [0.15, 0.2) is 6.20 Å². The highest BCUT2D eigenvalue weighted by molar-refractivity contribution is 9.08. The number of aromatic nitrogens is 1. The van der Waals surface area contributed by atoms with E-state index in [0.29, 0.717) is 0 Å². The van der Waals surface area contributed by atoms with E-state index >= 15 is 0 Å². The Morgan fingerprint density at radius 3 is 2.85 bits per heavy atom. The fraction of sp³-hybridized carbons (Fsp3) is 0.667. The number of halogens is 1. The van der Waals surface area contributed by atoms with Gasteiger partial charge in [-0.05, 0) is 25.9 Å². The third-order valence-corrected chi connectivity index (χ3v) is 4.25. The Labute approximate surface area is 91.1 Å². The maximum absolute atomic E-state index is 4.40. The van der Waals surface area contributed by atoms with E-state index in [1.54, 1.807) is 0 Å². The van der Waals surface area contributed by atoms with Gasteiger partial charge in [-0.25, -0.2) is 4.98 Å². The molecule has 0 unspecified atom stereocenters. The van der Waals surface area contributed by atoms with Gasteiger partial charge in [0, 0.05) is 16.4 Å². The Balaban J connectivity index is 1.92. The molecule has 1 saturated heterocycles. The number of likely N-dealkylation sites (tertiary alicyclic amines) is 1. The number of thiazole rings is 1. The molecule has 0 saturated carbocycles. The van der Waals surface area contributed by atoms with E-state index in [0.717, 1.165) is 11.9 Å². The number of hydrogen-bond acceptors (Lipinski definition) is 3. The molecule has 1 aliphatic rings. The van der Waals surface area contributed by atoms with Crippen molar-refractivity contribution in [3.8, 4) is 0 Å². The second kappa shape index (κ2) is 4.53. The van der Waals surface area contributed by atoms with Gasteiger partial charge in [-0.3, -0.25) is 4.90 Å². The van der Waals surface area contributed by atoms with Crippen LogP contribution >= 0.6 is 27.3 Å². The molecule has 1 aromatic heterocycles. The number of rotatable bonds is 3. The zero-order valence-corrected chi connectivity index (χ0v) is 9.90. The van der Waals surface area contributed by atoms with Crippen LogP contribution in [0.4, 0.5) is 0 Å². The summed E-state index contributed by atoms with van der Waals surface area (Å²) in [5.74, 6) is 0. The summed E-state index contributed by atoms with van der Waals surface area (Å²) < 4.78 is 0. The summed E-state index contributed by atoms with van der Waals surface area (Å²) in [7, 11) is 0. The van der Waals surface area contributed by atoms with Gasteiger partial charge in [0.25, 0.3) is 0 Å². The van der Waals surface area contributed by atoms with Crippen LogP contribution in [0.25, 0.3) is 0 Å². The predicted octanol–water partition coefficient (Wildman–Crippen LogP) is 2.63. The molecule has 1 aliphatic heterocycles. The fourth-order valence-corrected chi connectivity index (χ4v) is 2.92. The lowest BCUT2D eigenvalue weighted by molar-refractivity contribution is 0.331. The van der Waals surface area contributed by atoms with Crippen molar-refractivity contribution in [1.29, 1.82) is 0 Å². The first-order valence-corrected chi connectivity index (χ1v) is 6.54. The Morgan fingerprint density at radius 2 is 2.23 bits per heavy atom.